The number of nitrogens with zero attached hydrogens (tertiary/aromatic N) is 1. The molecule has 1 aliphatic rings. The van der Waals surface area contributed by atoms with Crippen LogP contribution >= 0.6 is 0 Å². The van der Waals surface area contributed by atoms with E-state index in [9.17, 15) is 19.8 Å². The van der Waals surface area contributed by atoms with Crippen LogP contribution in [0.4, 0.5) is 0 Å². The number of nitrogens with one attached hydrogen (secondary N) is 1. The Morgan fingerprint density at radius 3 is 2.73 bits per heavy atom. The maximum Gasteiger partial charge on any atom is 0.342 e. The first-order valence-electron chi connectivity index (χ1n) is 9.61. The van der Waals surface area contributed by atoms with Gasteiger partial charge in [0, 0.05) is 19.0 Å². The molecule has 162 valence electrons. The van der Waals surface area contributed by atoms with Crippen molar-refractivity contribution in [1.82, 2.24) is 5.32 Å². The summed E-state index contributed by atoms with van der Waals surface area (Å²) in [6.07, 6.45) is 9.61. The summed E-state index contributed by atoms with van der Waals surface area (Å²) < 4.78 is 5.23. The van der Waals surface area contributed by atoms with Crippen LogP contribution in [0.5, 0.6) is 11.5 Å². The fourth-order valence-electron chi connectivity index (χ4n) is 2.72. The lowest BCUT2D eigenvalue weighted by molar-refractivity contribution is -0.125. The Kier molecular flexibility index (Phi) is 9.39. The summed E-state index contributed by atoms with van der Waals surface area (Å²) in [4.78, 5) is 29.1. The number of hydrogen-bond acceptors (Lipinski definition) is 8. The van der Waals surface area contributed by atoms with Crippen molar-refractivity contribution in [3.63, 3.8) is 0 Å². The van der Waals surface area contributed by atoms with Crippen LogP contribution < -0.4 is 5.32 Å². The van der Waals surface area contributed by atoms with Crippen molar-refractivity contribution < 1.29 is 34.5 Å². The normalized spacial score (nSPS) is 18.6. The number of aliphatic hydroxyl groups is 1. The average Bonchev–Trinajstić information content (AvgIpc) is 2.69. The topological polar surface area (TPSA) is 138 Å². The zero-order valence-electron chi connectivity index (χ0n) is 16.5. The van der Waals surface area contributed by atoms with Gasteiger partial charge in [-0.25, -0.2) is 4.79 Å². The number of oxime groups is 1. The van der Waals surface area contributed by atoms with Crippen molar-refractivity contribution >= 4 is 17.6 Å². The summed E-state index contributed by atoms with van der Waals surface area (Å²) >= 11 is 0. The zero-order chi connectivity index (χ0) is 21.8. The highest BCUT2D eigenvalue weighted by molar-refractivity contribution is 6.00. The molecule has 0 aromatic heterocycles. The molecule has 1 aromatic rings. The predicted molar refractivity (Wildman–Crippen MR) is 109 cm³/mol. The van der Waals surface area contributed by atoms with Crippen LogP contribution in [0.25, 0.3) is 0 Å². The van der Waals surface area contributed by atoms with E-state index in [1.165, 1.54) is 6.07 Å². The number of hydrogen-bond donors (Lipinski definition) is 4. The van der Waals surface area contributed by atoms with Gasteiger partial charge >= 0.3 is 5.97 Å². The monoisotopic (exact) mass is 418 g/mol. The second-order valence-electron chi connectivity index (χ2n) is 6.48. The van der Waals surface area contributed by atoms with Gasteiger partial charge in [-0.1, -0.05) is 23.4 Å². The van der Waals surface area contributed by atoms with Crippen LogP contribution in [0.3, 0.4) is 0 Å². The number of aromatic hydroxyl groups is 2. The van der Waals surface area contributed by atoms with Crippen molar-refractivity contribution in [2.24, 2.45) is 5.16 Å². The molecule has 0 atom stereocenters. The molecule has 9 nitrogen and oxygen atoms in total. The minimum atomic E-state index is -0.708. The van der Waals surface area contributed by atoms with Crippen LogP contribution in [0, 0.1) is 0 Å². The van der Waals surface area contributed by atoms with E-state index >= 15 is 0 Å². The number of ether oxygens (including phenoxy) is 1. The first kappa shape index (κ1) is 23.0. The molecule has 9 heteroatoms. The third kappa shape index (κ3) is 7.59. The van der Waals surface area contributed by atoms with Gasteiger partial charge in [0.2, 0.25) is 0 Å². The maximum absolute atomic E-state index is 12.5. The predicted octanol–water partition coefficient (Wildman–Crippen LogP) is 1.57. The van der Waals surface area contributed by atoms with E-state index in [4.69, 9.17) is 14.7 Å². The summed E-state index contributed by atoms with van der Waals surface area (Å²) in [6, 6.07) is 2.41. The molecule has 0 unspecified atom stereocenters. The molecular formula is C21H26N2O7. The summed E-state index contributed by atoms with van der Waals surface area (Å²) in [5.74, 6) is -1.76. The second-order valence-corrected chi connectivity index (χ2v) is 6.48. The lowest BCUT2D eigenvalue weighted by Gasteiger charge is -2.12. The van der Waals surface area contributed by atoms with E-state index in [1.807, 2.05) is 18.2 Å². The Bertz CT molecular complexity index is 831. The average molecular weight is 418 g/mol. The highest BCUT2D eigenvalue weighted by atomic mass is 16.6. The Balaban J connectivity index is 2.28. The lowest BCUT2D eigenvalue weighted by Crippen LogP contribution is -2.29. The van der Waals surface area contributed by atoms with Gasteiger partial charge in [0.1, 0.15) is 17.1 Å². The highest BCUT2D eigenvalue weighted by Gasteiger charge is 2.20. The first-order chi connectivity index (χ1) is 14.5. The Morgan fingerprint density at radius 1 is 1.17 bits per heavy atom. The maximum atomic E-state index is 12.5. The lowest BCUT2D eigenvalue weighted by atomic mass is 10.00. The van der Waals surface area contributed by atoms with Gasteiger partial charge in [0.25, 0.3) is 5.91 Å². The molecule has 0 fully saturated rings. The first-order valence-corrected chi connectivity index (χ1v) is 9.61. The van der Waals surface area contributed by atoms with Crippen LogP contribution in [0.1, 0.15) is 35.2 Å². The highest BCUT2D eigenvalue weighted by Crippen LogP contribution is 2.29. The van der Waals surface area contributed by atoms with Gasteiger partial charge in [-0.2, -0.15) is 0 Å². The van der Waals surface area contributed by atoms with Crippen LogP contribution in [0.15, 0.2) is 41.6 Å². The number of carbonyl (C=O) groups excluding carboxylic acids is 2. The van der Waals surface area contributed by atoms with E-state index in [0.717, 1.165) is 18.9 Å². The summed E-state index contributed by atoms with van der Waals surface area (Å²) in [5, 5.41) is 35.2. The summed E-state index contributed by atoms with van der Waals surface area (Å²) in [5.41, 5.74) is 0.627. The van der Waals surface area contributed by atoms with Crippen LogP contribution in [-0.2, 0) is 20.8 Å². The Hall–Kier alpha value is -3.33. The van der Waals surface area contributed by atoms with Crippen LogP contribution in [0.2, 0.25) is 0 Å². The summed E-state index contributed by atoms with van der Waals surface area (Å²) in [7, 11) is 0. The van der Waals surface area contributed by atoms with Crippen molar-refractivity contribution in [3.8, 4) is 11.5 Å². The second kappa shape index (κ2) is 12.3. The standard InChI is InChI=1S/C21H26N2O7/c24-9-8-22-19(27)14-30-23-16-7-5-3-1-2-4-6-10-29-21(28)20-15(11-16)12-17(25)13-18(20)26/h2,4-5,7,12-13,24-26H,1,3,6,8-11,14H2,(H,22,27)/b4-2+,7-5+,23-16-. The van der Waals surface area contributed by atoms with Crippen molar-refractivity contribution in [3.05, 3.63) is 47.6 Å². The van der Waals surface area contributed by atoms with Crippen molar-refractivity contribution in [2.45, 2.75) is 25.7 Å². The van der Waals surface area contributed by atoms with Gasteiger partial charge in [-0.15, -0.1) is 0 Å². The number of aliphatic hydroxyl groups excluding tert-OH is 1. The largest absolute Gasteiger partial charge is 0.508 e. The Morgan fingerprint density at radius 2 is 1.93 bits per heavy atom. The number of esters is 1. The fraction of sp³-hybridized carbons (Fsp3) is 0.381. The van der Waals surface area contributed by atoms with Gasteiger partial charge in [0.05, 0.1) is 18.9 Å². The minimum Gasteiger partial charge on any atom is -0.508 e. The summed E-state index contributed by atoms with van der Waals surface area (Å²) in [6.45, 7) is -0.254. The van der Waals surface area contributed by atoms with Gasteiger partial charge in [-0.05, 0) is 37.0 Å². The fourth-order valence-corrected chi connectivity index (χ4v) is 2.72. The molecule has 0 aliphatic carbocycles. The van der Waals surface area contributed by atoms with Crippen LogP contribution in [-0.4, -0.2) is 59.3 Å². The Labute approximate surface area is 174 Å². The molecule has 0 bridgehead atoms. The third-order valence-corrected chi connectivity index (χ3v) is 4.07. The number of allylic oxidation sites excluding steroid dienone is 3. The molecular weight excluding hydrogens is 392 g/mol. The zero-order valence-corrected chi connectivity index (χ0v) is 16.5. The molecule has 0 saturated heterocycles. The number of benzene rings is 1. The molecule has 1 aromatic carbocycles. The molecule has 1 amide bonds. The SMILES string of the molecule is O=C(CO/N=C1/C=C/CC/C=C/CCOC(=O)c2c(O)cc(O)cc2C1)NCCO. The van der Waals surface area contributed by atoms with E-state index in [1.54, 1.807) is 6.08 Å². The molecule has 2 rings (SSSR count). The molecule has 1 heterocycles. The quantitative estimate of drug-likeness (QED) is 0.323. The van der Waals surface area contributed by atoms with Gasteiger partial charge in [0.15, 0.2) is 6.61 Å². The minimum absolute atomic E-state index is 0.0526. The number of cyclic esters (lactones) is 1. The number of fused-ring (bicyclic) bond motifs is 1. The molecule has 4 N–H and O–H groups in total. The van der Waals surface area contributed by atoms with Gasteiger partial charge in [-0.3, -0.25) is 4.79 Å². The van der Waals surface area contributed by atoms with Gasteiger partial charge < -0.3 is 30.2 Å². The smallest absolute Gasteiger partial charge is 0.342 e. The number of carbonyl (C=O) groups is 2. The van der Waals surface area contributed by atoms with Crippen molar-refractivity contribution in [1.29, 1.82) is 0 Å². The molecule has 30 heavy (non-hydrogen) atoms. The van der Waals surface area contributed by atoms with E-state index in [0.29, 0.717) is 17.7 Å². The molecule has 0 radical (unpaired) electrons. The third-order valence-electron chi connectivity index (χ3n) is 4.07. The van der Waals surface area contributed by atoms with E-state index < -0.39 is 17.6 Å². The van der Waals surface area contributed by atoms with Crippen molar-refractivity contribution in [2.75, 3.05) is 26.4 Å². The molecule has 0 saturated carbocycles. The number of rotatable bonds is 5. The van der Waals surface area contributed by atoms with E-state index in [2.05, 4.69) is 10.5 Å². The molecule has 1 aliphatic heterocycles. The molecule has 0 spiro atoms. The number of phenolic OH excluding ortho intramolecular Hbond substituents is 2. The number of amides is 1. The number of phenols is 2. The van der Waals surface area contributed by atoms with E-state index in [-0.39, 0.29) is 44.1 Å².